The fourth-order valence-electron chi connectivity index (χ4n) is 2.67. The summed E-state index contributed by atoms with van der Waals surface area (Å²) in [6.07, 6.45) is 1.12. The highest BCUT2D eigenvalue weighted by Crippen LogP contribution is 2.25. The molecule has 3 rings (SSSR count). The Balaban J connectivity index is 1.74. The molecule has 0 unspecified atom stereocenters. The maximum Gasteiger partial charge on any atom is 0.119 e. The lowest BCUT2D eigenvalue weighted by atomic mass is 9.99. The highest BCUT2D eigenvalue weighted by atomic mass is 32.1. The zero-order valence-corrected chi connectivity index (χ0v) is 12.3. The number of nitrogens with zero attached hydrogens (tertiary/aromatic N) is 1. The minimum Gasteiger partial charge on any atom is -0.497 e. The fraction of sp³-hybridized carbons (Fsp3) is 0.375. The van der Waals surface area contributed by atoms with Crippen LogP contribution in [0.15, 0.2) is 29.6 Å². The Bertz CT molecular complexity index is 576. The molecule has 2 nitrogen and oxygen atoms in total. The van der Waals surface area contributed by atoms with E-state index in [0.717, 1.165) is 31.8 Å². The molecule has 0 N–H and O–H groups in total. The van der Waals surface area contributed by atoms with E-state index in [4.69, 9.17) is 4.74 Å². The normalized spacial score (nSPS) is 15.3. The van der Waals surface area contributed by atoms with Crippen LogP contribution in [-0.2, 0) is 19.5 Å². The summed E-state index contributed by atoms with van der Waals surface area (Å²) in [4.78, 5) is 3.98. The van der Waals surface area contributed by atoms with Crippen molar-refractivity contribution >= 4 is 11.3 Å². The molecule has 100 valence electrons. The van der Waals surface area contributed by atoms with Gasteiger partial charge in [-0.2, -0.15) is 0 Å². The van der Waals surface area contributed by atoms with Crippen LogP contribution in [0.1, 0.15) is 21.6 Å². The summed E-state index contributed by atoms with van der Waals surface area (Å²) in [5.41, 5.74) is 4.36. The van der Waals surface area contributed by atoms with Crippen molar-refractivity contribution in [1.82, 2.24) is 4.90 Å². The molecule has 2 aromatic rings. The summed E-state index contributed by atoms with van der Waals surface area (Å²) in [6, 6.07) is 8.71. The maximum absolute atomic E-state index is 5.30. The third-order valence-corrected chi connectivity index (χ3v) is 4.75. The van der Waals surface area contributed by atoms with Crippen LogP contribution >= 0.6 is 11.3 Å². The van der Waals surface area contributed by atoms with Gasteiger partial charge in [-0.1, -0.05) is 6.07 Å². The second kappa shape index (κ2) is 5.35. The van der Waals surface area contributed by atoms with Crippen LogP contribution in [0, 0.1) is 6.92 Å². The van der Waals surface area contributed by atoms with Crippen LogP contribution in [0.3, 0.4) is 0 Å². The van der Waals surface area contributed by atoms with Crippen molar-refractivity contribution in [2.75, 3.05) is 13.7 Å². The average Bonchev–Trinajstić information content (AvgIpc) is 2.84. The van der Waals surface area contributed by atoms with Crippen LogP contribution in [0.5, 0.6) is 5.75 Å². The highest BCUT2D eigenvalue weighted by Gasteiger charge is 2.17. The molecule has 0 saturated carbocycles. The van der Waals surface area contributed by atoms with Crippen LogP contribution in [0.2, 0.25) is 0 Å². The third-order valence-electron chi connectivity index (χ3n) is 3.86. The maximum atomic E-state index is 5.30. The van der Waals surface area contributed by atoms with Gasteiger partial charge in [0.1, 0.15) is 5.75 Å². The number of ether oxygens (including phenoxy) is 1. The molecule has 0 spiro atoms. The van der Waals surface area contributed by atoms with Crippen LogP contribution < -0.4 is 4.74 Å². The van der Waals surface area contributed by atoms with Crippen molar-refractivity contribution in [3.05, 3.63) is 51.2 Å². The molecule has 19 heavy (non-hydrogen) atoms. The quantitative estimate of drug-likeness (QED) is 0.847. The molecule has 1 aromatic carbocycles. The Morgan fingerprint density at radius 1 is 1.26 bits per heavy atom. The first kappa shape index (κ1) is 12.7. The standard InChI is InChI=1S/C16H19NOS/c1-12-14(6-8-19-12)10-17-7-5-13-9-16(18-2)4-3-15(13)11-17/h3-4,6,8-9H,5,7,10-11H2,1-2H3. The largest absolute Gasteiger partial charge is 0.497 e. The molecule has 2 heterocycles. The van der Waals surface area contributed by atoms with Crippen LogP contribution in [0.25, 0.3) is 0 Å². The minimum absolute atomic E-state index is 0.973. The van der Waals surface area contributed by atoms with E-state index in [1.54, 1.807) is 7.11 Å². The topological polar surface area (TPSA) is 12.5 Å². The molecular formula is C16H19NOS. The van der Waals surface area contributed by atoms with Gasteiger partial charge >= 0.3 is 0 Å². The zero-order chi connectivity index (χ0) is 13.2. The zero-order valence-electron chi connectivity index (χ0n) is 11.5. The fourth-order valence-corrected chi connectivity index (χ4v) is 3.39. The molecule has 0 aliphatic carbocycles. The van der Waals surface area contributed by atoms with Gasteiger partial charge in [-0.15, -0.1) is 11.3 Å². The van der Waals surface area contributed by atoms with Gasteiger partial charge in [0.15, 0.2) is 0 Å². The molecule has 1 aliphatic rings. The number of hydrogen-bond donors (Lipinski definition) is 0. The second-order valence-corrected chi connectivity index (χ2v) is 6.22. The van der Waals surface area contributed by atoms with E-state index in [0.29, 0.717) is 0 Å². The van der Waals surface area contributed by atoms with Crippen molar-refractivity contribution in [3.63, 3.8) is 0 Å². The molecule has 0 amide bonds. The van der Waals surface area contributed by atoms with Crippen LogP contribution in [0.4, 0.5) is 0 Å². The number of rotatable bonds is 3. The lowest BCUT2D eigenvalue weighted by molar-refractivity contribution is 0.245. The number of methoxy groups -OCH3 is 1. The van der Waals surface area contributed by atoms with E-state index in [1.807, 2.05) is 11.3 Å². The highest BCUT2D eigenvalue weighted by molar-refractivity contribution is 7.10. The lowest BCUT2D eigenvalue weighted by Crippen LogP contribution is -2.30. The first-order chi connectivity index (χ1) is 9.26. The van der Waals surface area contributed by atoms with E-state index >= 15 is 0 Å². The Labute approximate surface area is 118 Å². The van der Waals surface area contributed by atoms with Gasteiger partial charge in [0.05, 0.1) is 7.11 Å². The van der Waals surface area contributed by atoms with Crippen molar-refractivity contribution in [3.8, 4) is 5.75 Å². The summed E-state index contributed by atoms with van der Waals surface area (Å²) in [5, 5.41) is 2.19. The molecule has 1 aliphatic heterocycles. The van der Waals surface area contributed by atoms with Gasteiger partial charge in [0.2, 0.25) is 0 Å². The number of thiophene rings is 1. The average molecular weight is 273 g/mol. The molecule has 0 saturated heterocycles. The molecule has 0 bridgehead atoms. The number of fused-ring (bicyclic) bond motifs is 1. The smallest absolute Gasteiger partial charge is 0.119 e. The number of benzene rings is 1. The Kier molecular flexibility index (Phi) is 3.58. The van der Waals surface area contributed by atoms with Crippen molar-refractivity contribution in [2.24, 2.45) is 0 Å². The predicted octanol–water partition coefficient (Wildman–Crippen LogP) is 3.62. The van der Waals surface area contributed by atoms with Gasteiger partial charge in [-0.05, 0) is 53.6 Å². The van der Waals surface area contributed by atoms with Gasteiger partial charge in [-0.25, -0.2) is 0 Å². The second-order valence-electron chi connectivity index (χ2n) is 5.10. The molecular weight excluding hydrogens is 254 g/mol. The summed E-state index contributed by atoms with van der Waals surface area (Å²) in [7, 11) is 1.73. The summed E-state index contributed by atoms with van der Waals surface area (Å²) in [5.74, 6) is 0.973. The number of aryl methyl sites for hydroxylation is 1. The monoisotopic (exact) mass is 273 g/mol. The van der Waals surface area contributed by atoms with Crippen LogP contribution in [-0.4, -0.2) is 18.6 Å². The Morgan fingerprint density at radius 3 is 2.89 bits per heavy atom. The Morgan fingerprint density at radius 2 is 2.16 bits per heavy atom. The summed E-state index contributed by atoms with van der Waals surface area (Å²) in [6.45, 7) is 5.47. The van der Waals surface area contributed by atoms with Crippen molar-refractivity contribution in [2.45, 2.75) is 26.4 Å². The van der Waals surface area contributed by atoms with E-state index in [2.05, 4.69) is 41.5 Å². The molecule has 3 heteroatoms. The SMILES string of the molecule is COc1ccc2c(c1)CCN(Cc1ccsc1C)C2. The molecule has 0 radical (unpaired) electrons. The Hall–Kier alpha value is -1.32. The first-order valence-electron chi connectivity index (χ1n) is 6.67. The number of hydrogen-bond acceptors (Lipinski definition) is 3. The van der Waals surface area contributed by atoms with E-state index in [-0.39, 0.29) is 0 Å². The molecule has 0 fully saturated rings. The molecule has 1 aromatic heterocycles. The van der Waals surface area contributed by atoms with Gasteiger partial charge in [-0.3, -0.25) is 4.90 Å². The third kappa shape index (κ3) is 2.67. The van der Waals surface area contributed by atoms with Gasteiger partial charge in [0, 0.05) is 24.5 Å². The van der Waals surface area contributed by atoms with Crippen molar-refractivity contribution in [1.29, 1.82) is 0 Å². The van der Waals surface area contributed by atoms with Gasteiger partial charge in [0.25, 0.3) is 0 Å². The minimum atomic E-state index is 0.973. The predicted molar refractivity (Wildman–Crippen MR) is 79.9 cm³/mol. The summed E-state index contributed by atoms with van der Waals surface area (Å²) < 4.78 is 5.30. The van der Waals surface area contributed by atoms with E-state index in [9.17, 15) is 0 Å². The molecule has 0 atom stereocenters. The summed E-state index contributed by atoms with van der Waals surface area (Å²) >= 11 is 1.84. The van der Waals surface area contributed by atoms with Crippen molar-refractivity contribution < 1.29 is 4.74 Å². The lowest BCUT2D eigenvalue weighted by Gasteiger charge is -2.29. The van der Waals surface area contributed by atoms with E-state index < -0.39 is 0 Å². The van der Waals surface area contributed by atoms with E-state index in [1.165, 1.54) is 21.6 Å². The van der Waals surface area contributed by atoms with Gasteiger partial charge < -0.3 is 4.74 Å². The first-order valence-corrected chi connectivity index (χ1v) is 7.55.